The molecule has 2 aromatic carbocycles. The van der Waals surface area contributed by atoms with Gasteiger partial charge in [-0.3, -0.25) is 9.69 Å². The van der Waals surface area contributed by atoms with Crippen molar-refractivity contribution >= 4 is 11.6 Å². The van der Waals surface area contributed by atoms with Gasteiger partial charge in [0.15, 0.2) is 0 Å². The van der Waals surface area contributed by atoms with E-state index in [1.165, 1.54) is 35.1 Å². The maximum atomic E-state index is 13.3. The lowest BCUT2D eigenvalue weighted by Gasteiger charge is -2.34. The molecule has 0 N–H and O–H groups in total. The number of anilines is 1. The third-order valence-electron chi connectivity index (χ3n) is 7.27. The van der Waals surface area contributed by atoms with Gasteiger partial charge in [-0.05, 0) is 73.4 Å². The smallest absolute Gasteiger partial charge is 0.237 e. The molecule has 146 valence electrons. The number of likely N-dealkylation sites (N-methyl/N-ethyl adjacent to an activating group) is 1. The van der Waals surface area contributed by atoms with E-state index in [1.807, 2.05) is 11.9 Å². The van der Waals surface area contributed by atoms with Crippen LogP contribution < -0.4 is 4.90 Å². The van der Waals surface area contributed by atoms with Gasteiger partial charge in [-0.15, -0.1) is 0 Å². The van der Waals surface area contributed by atoms with E-state index in [0.29, 0.717) is 5.91 Å². The summed E-state index contributed by atoms with van der Waals surface area (Å²) in [6.45, 7) is 3.38. The van der Waals surface area contributed by atoms with Crippen molar-refractivity contribution < 1.29 is 4.79 Å². The number of hydrogen-bond acceptors (Lipinski definition) is 2. The number of amides is 1. The number of unbranched alkanes of at least 4 members (excludes halogenated alkanes) is 1. The molecular formula is C25H30N2O. The minimum absolute atomic E-state index is 0.243. The van der Waals surface area contributed by atoms with Gasteiger partial charge in [0.1, 0.15) is 0 Å². The Bertz CT molecular complexity index is 905. The highest BCUT2D eigenvalue weighted by molar-refractivity contribution is 6.08. The zero-order valence-corrected chi connectivity index (χ0v) is 16.9. The van der Waals surface area contributed by atoms with Gasteiger partial charge in [-0.25, -0.2) is 0 Å². The van der Waals surface area contributed by atoms with Crippen LogP contribution >= 0.6 is 0 Å². The summed E-state index contributed by atoms with van der Waals surface area (Å²) < 4.78 is 0. The van der Waals surface area contributed by atoms with Gasteiger partial charge in [-0.2, -0.15) is 0 Å². The summed E-state index contributed by atoms with van der Waals surface area (Å²) in [4.78, 5) is 17.8. The molecule has 0 saturated carbocycles. The molecule has 0 saturated heterocycles. The van der Waals surface area contributed by atoms with Crippen LogP contribution in [0.3, 0.4) is 0 Å². The Morgan fingerprint density at radius 1 is 0.964 bits per heavy atom. The lowest BCUT2D eigenvalue weighted by Crippen LogP contribution is -2.40. The van der Waals surface area contributed by atoms with Gasteiger partial charge in [0.05, 0.1) is 5.41 Å². The predicted octanol–water partition coefficient (Wildman–Crippen LogP) is 4.47. The molecule has 2 aliphatic heterocycles. The SMILES string of the molecule is CN1C(=O)C2(CCCCN3CCc4ccccc4C3)CCCc3cccc1c32. The van der Waals surface area contributed by atoms with Crippen molar-refractivity contribution in [1.29, 1.82) is 0 Å². The number of carbonyl (C=O) groups excluding carboxylic acids is 1. The summed E-state index contributed by atoms with van der Waals surface area (Å²) in [5.74, 6) is 0.335. The molecule has 1 atom stereocenters. The van der Waals surface area contributed by atoms with E-state index in [2.05, 4.69) is 47.4 Å². The first-order chi connectivity index (χ1) is 13.7. The van der Waals surface area contributed by atoms with Crippen LogP contribution in [-0.4, -0.2) is 30.9 Å². The van der Waals surface area contributed by atoms with Crippen LogP contribution in [0.2, 0.25) is 0 Å². The lowest BCUT2D eigenvalue weighted by molar-refractivity contribution is -0.123. The van der Waals surface area contributed by atoms with Gasteiger partial charge in [0, 0.05) is 25.8 Å². The van der Waals surface area contributed by atoms with Gasteiger partial charge in [0.2, 0.25) is 5.91 Å². The summed E-state index contributed by atoms with van der Waals surface area (Å²) >= 11 is 0. The Morgan fingerprint density at radius 3 is 2.68 bits per heavy atom. The van der Waals surface area contributed by atoms with E-state index in [4.69, 9.17) is 0 Å². The molecule has 1 unspecified atom stereocenters. The van der Waals surface area contributed by atoms with Crippen molar-refractivity contribution in [3.8, 4) is 0 Å². The number of fused-ring (bicyclic) bond motifs is 1. The predicted molar refractivity (Wildman–Crippen MR) is 114 cm³/mol. The molecule has 28 heavy (non-hydrogen) atoms. The molecule has 0 spiro atoms. The number of rotatable bonds is 5. The zero-order valence-electron chi connectivity index (χ0n) is 16.9. The van der Waals surface area contributed by atoms with Crippen LogP contribution in [0.4, 0.5) is 5.69 Å². The molecule has 3 nitrogen and oxygen atoms in total. The summed E-state index contributed by atoms with van der Waals surface area (Å²) in [7, 11) is 1.96. The Morgan fingerprint density at radius 2 is 1.79 bits per heavy atom. The van der Waals surface area contributed by atoms with Crippen LogP contribution in [0, 0.1) is 0 Å². The number of nitrogens with zero attached hydrogens (tertiary/aromatic N) is 2. The zero-order chi connectivity index (χ0) is 19.1. The first-order valence-corrected chi connectivity index (χ1v) is 10.9. The first-order valence-electron chi connectivity index (χ1n) is 10.9. The normalized spacial score (nSPS) is 23.6. The number of hydrogen-bond donors (Lipinski definition) is 0. The van der Waals surface area contributed by atoms with Gasteiger partial charge < -0.3 is 4.90 Å². The Balaban J connectivity index is 1.25. The van der Waals surface area contributed by atoms with Crippen molar-refractivity contribution in [3.05, 3.63) is 64.7 Å². The fourth-order valence-electron chi connectivity index (χ4n) is 5.84. The quantitative estimate of drug-likeness (QED) is 0.721. The third-order valence-corrected chi connectivity index (χ3v) is 7.27. The fraction of sp³-hybridized carbons (Fsp3) is 0.480. The van der Waals surface area contributed by atoms with Crippen LogP contribution in [0.15, 0.2) is 42.5 Å². The molecule has 1 amide bonds. The Kier molecular flexibility index (Phi) is 4.51. The molecule has 0 aromatic heterocycles. The van der Waals surface area contributed by atoms with Crippen LogP contribution in [0.5, 0.6) is 0 Å². The largest absolute Gasteiger partial charge is 0.314 e. The molecule has 0 fully saturated rings. The maximum absolute atomic E-state index is 13.3. The van der Waals surface area contributed by atoms with E-state index in [9.17, 15) is 4.79 Å². The second-order valence-corrected chi connectivity index (χ2v) is 8.86. The van der Waals surface area contributed by atoms with Gasteiger partial charge >= 0.3 is 0 Å². The molecule has 2 heterocycles. The summed E-state index contributed by atoms with van der Waals surface area (Å²) in [6.07, 6.45) is 7.77. The highest BCUT2D eigenvalue weighted by atomic mass is 16.2. The standard InChI is InChI=1S/C25H30N2O/c1-26-22-12-6-10-20-11-7-15-25(23(20)22,24(26)28)14-4-5-16-27-17-13-19-8-2-3-9-21(19)18-27/h2-3,6,8-10,12H,4-5,7,11,13-18H2,1H3. The molecule has 1 aliphatic carbocycles. The molecule has 3 aliphatic rings. The highest BCUT2D eigenvalue weighted by Crippen LogP contribution is 2.51. The summed E-state index contributed by atoms with van der Waals surface area (Å²) in [5, 5.41) is 0. The Labute approximate surface area is 168 Å². The maximum Gasteiger partial charge on any atom is 0.237 e. The number of aryl methyl sites for hydroxylation is 1. The van der Waals surface area contributed by atoms with Crippen LogP contribution in [-0.2, 0) is 29.6 Å². The van der Waals surface area contributed by atoms with Gasteiger partial charge in [0.25, 0.3) is 0 Å². The third kappa shape index (κ3) is 2.79. The molecule has 2 aromatic rings. The average Bonchev–Trinajstić information content (AvgIpc) is 2.95. The second kappa shape index (κ2) is 7.04. The number of benzene rings is 2. The summed E-state index contributed by atoms with van der Waals surface area (Å²) in [6, 6.07) is 15.3. The fourth-order valence-corrected chi connectivity index (χ4v) is 5.84. The van der Waals surface area contributed by atoms with E-state index >= 15 is 0 Å². The molecule has 0 radical (unpaired) electrons. The van der Waals surface area contributed by atoms with E-state index in [1.54, 1.807) is 0 Å². The van der Waals surface area contributed by atoms with E-state index in [-0.39, 0.29) is 5.41 Å². The van der Waals surface area contributed by atoms with Crippen molar-refractivity contribution in [1.82, 2.24) is 4.90 Å². The minimum Gasteiger partial charge on any atom is -0.314 e. The first kappa shape index (κ1) is 17.9. The van der Waals surface area contributed by atoms with Crippen molar-refractivity contribution in [2.75, 3.05) is 25.0 Å². The van der Waals surface area contributed by atoms with Crippen molar-refractivity contribution in [2.24, 2.45) is 0 Å². The molecule has 3 heteroatoms. The highest BCUT2D eigenvalue weighted by Gasteiger charge is 2.51. The van der Waals surface area contributed by atoms with Crippen molar-refractivity contribution in [2.45, 2.75) is 56.9 Å². The topological polar surface area (TPSA) is 23.6 Å². The van der Waals surface area contributed by atoms with Gasteiger partial charge in [-0.1, -0.05) is 42.8 Å². The second-order valence-electron chi connectivity index (χ2n) is 8.86. The van der Waals surface area contributed by atoms with Crippen LogP contribution in [0.25, 0.3) is 0 Å². The monoisotopic (exact) mass is 374 g/mol. The molecule has 5 rings (SSSR count). The van der Waals surface area contributed by atoms with E-state index in [0.717, 1.165) is 57.4 Å². The minimum atomic E-state index is -0.243. The van der Waals surface area contributed by atoms with E-state index < -0.39 is 0 Å². The number of carbonyl (C=O) groups is 1. The van der Waals surface area contributed by atoms with Crippen LogP contribution in [0.1, 0.15) is 54.4 Å². The molecular weight excluding hydrogens is 344 g/mol. The van der Waals surface area contributed by atoms with Crippen molar-refractivity contribution in [3.63, 3.8) is 0 Å². The average molecular weight is 375 g/mol. The molecule has 0 bridgehead atoms. The lowest BCUT2D eigenvalue weighted by atomic mass is 9.68. The summed E-state index contributed by atoms with van der Waals surface area (Å²) in [5.41, 5.74) is 6.70. The Hall–Kier alpha value is -2.13.